The van der Waals surface area contributed by atoms with E-state index in [4.69, 9.17) is 4.74 Å². The first-order chi connectivity index (χ1) is 9.92. The van der Waals surface area contributed by atoms with Gasteiger partial charge in [-0.25, -0.2) is 0 Å². The zero-order valence-corrected chi connectivity index (χ0v) is 17.1. The minimum absolute atomic E-state index is 0. The second-order valence-corrected chi connectivity index (χ2v) is 5.49. The Kier molecular flexibility index (Phi) is 15.1. The van der Waals surface area contributed by atoms with Crippen LogP contribution in [0.5, 0.6) is 0 Å². The molecule has 132 valence electrons. The third-order valence-corrected chi connectivity index (χ3v) is 3.20. The van der Waals surface area contributed by atoms with Crippen molar-refractivity contribution in [3.63, 3.8) is 0 Å². The highest BCUT2D eigenvalue weighted by Crippen LogP contribution is 2.09. The van der Waals surface area contributed by atoms with Gasteiger partial charge in [0.1, 0.15) is 0 Å². The molecule has 1 amide bonds. The first-order valence-electron chi connectivity index (χ1n) is 7.68. The molecule has 1 atom stereocenters. The van der Waals surface area contributed by atoms with Crippen LogP contribution in [-0.4, -0.2) is 63.7 Å². The van der Waals surface area contributed by atoms with Gasteiger partial charge in [0.15, 0.2) is 5.96 Å². The summed E-state index contributed by atoms with van der Waals surface area (Å²) in [6.07, 6.45) is 1.65. The molecule has 0 spiro atoms. The average molecular weight is 428 g/mol. The van der Waals surface area contributed by atoms with Gasteiger partial charge in [0.2, 0.25) is 5.91 Å². The summed E-state index contributed by atoms with van der Waals surface area (Å²) >= 11 is 0. The summed E-state index contributed by atoms with van der Waals surface area (Å²) in [5.74, 6) is 1.33. The molecule has 0 fully saturated rings. The third kappa shape index (κ3) is 11.1. The maximum absolute atomic E-state index is 11.5. The summed E-state index contributed by atoms with van der Waals surface area (Å²) in [7, 11) is 5.25. The van der Waals surface area contributed by atoms with Gasteiger partial charge in [-0.1, -0.05) is 13.8 Å². The number of hydrogen-bond donors (Lipinski definition) is 2. The van der Waals surface area contributed by atoms with Gasteiger partial charge < -0.3 is 20.3 Å². The molecule has 0 aromatic rings. The average Bonchev–Trinajstić information content (AvgIpc) is 2.43. The molecule has 1 unspecified atom stereocenters. The molecule has 2 N–H and O–H groups in total. The molecule has 0 aliphatic rings. The van der Waals surface area contributed by atoms with Crippen LogP contribution in [0.1, 0.15) is 33.6 Å². The van der Waals surface area contributed by atoms with E-state index in [1.54, 1.807) is 26.0 Å². The molecule has 22 heavy (non-hydrogen) atoms. The van der Waals surface area contributed by atoms with Gasteiger partial charge in [-0.3, -0.25) is 9.79 Å². The Morgan fingerprint density at radius 3 is 2.27 bits per heavy atom. The topological polar surface area (TPSA) is 66.0 Å². The van der Waals surface area contributed by atoms with Gasteiger partial charge in [0.05, 0.1) is 6.10 Å². The summed E-state index contributed by atoms with van der Waals surface area (Å²) in [6.45, 7) is 8.47. The first kappa shape index (κ1) is 23.7. The van der Waals surface area contributed by atoms with Gasteiger partial charge in [0, 0.05) is 47.3 Å². The second kappa shape index (κ2) is 14.0. The highest BCUT2D eigenvalue weighted by Gasteiger charge is 2.13. The normalized spacial score (nSPS) is 12.6. The lowest BCUT2D eigenvalue weighted by atomic mass is 10.0. The number of guanidine groups is 1. The Labute approximate surface area is 152 Å². The van der Waals surface area contributed by atoms with E-state index in [0.29, 0.717) is 18.9 Å². The minimum atomic E-state index is 0. The zero-order valence-electron chi connectivity index (χ0n) is 14.8. The number of amides is 1. The maximum atomic E-state index is 11.5. The first-order valence-corrected chi connectivity index (χ1v) is 7.68. The van der Waals surface area contributed by atoms with Gasteiger partial charge in [-0.05, 0) is 19.3 Å². The molecule has 0 saturated carbocycles. The predicted molar refractivity (Wildman–Crippen MR) is 103 cm³/mol. The standard InChI is InChI=1S/C15H32N4O2.HI/c1-7-21-13(12(2)3)8-10-17-15(16-4)18-11-9-14(20)19(5)6;/h12-13H,7-11H2,1-6H3,(H2,16,17,18);1H. The van der Waals surface area contributed by atoms with Crippen LogP contribution in [0.2, 0.25) is 0 Å². The molecule has 6 nitrogen and oxygen atoms in total. The van der Waals surface area contributed by atoms with Gasteiger partial charge in [0.25, 0.3) is 0 Å². The highest BCUT2D eigenvalue weighted by atomic mass is 127. The summed E-state index contributed by atoms with van der Waals surface area (Å²) in [5.41, 5.74) is 0. The number of carbonyl (C=O) groups is 1. The molecule has 0 aromatic heterocycles. The Hall–Kier alpha value is -0.570. The van der Waals surface area contributed by atoms with Crippen LogP contribution in [0.4, 0.5) is 0 Å². The van der Waals surface area contributed by atoms with E-state index in [2.05, 4.69) is 29.5 Å². The smallest absolute Gasteiger partial charge is 0.223 e. The molecule has 0 rings (SSSR count). The lowest BCUT2D eigenvalue weighted by Gasteiger charge is -2.21. The molecule has 0 aliphatic carbocycles. The number of carbonyl (C=O) groups excluding carboxylic acids is 1. The zero-order chi connectivity index (χ0) is 16.3. The number of ether oxygens (including phenoxy) is 1. The van der Waals surface area contributed by atoms with E-state index in [1.165, 1.54) is 0 Å². The number of nitrogens with zero attached hydrogens (tertiary/aromatic N) is 2. The highest BCUT2D eigenvalue weighted by molar-refractivity contribution is 14.0. The quantitative estimate of drug-likeness (QED) is 0.333. The van der Waals surface area contributed by atoms with Crippen LogP contribution >= 0.6 is 24.0 Å². The minimum Gasteiger partial charge on any atom is -0.378 e. The molecule has 0 saturated heterocycles. The molecule has 0 radical (unpaired) electrons. The van der Waals surface area contributed by atoms with Crippen molar-refractivity contribution in [3.8, 4) is 0 Å². The lowest BCUT2D eigenvalue weighted by Crippen LogP contribution is -2.40. The second-order valence-electron chi connectivity index (χ2n) is 5.49. The Morgan fingerprint density at radius 2 is 1.82 bits per heavy atom. The number of nitrogens with one attached hydrogen (secondary N) is 2. The maximum Gasteiger partial charge on any atom is 0.223 e. The van der Waals surface area contributed by atoms with Crippen LogP contribution in [0.25, 0.3) is 0 Å². The SMILES string of the molecule is CCOC(CCNC(=NC)NCCC(=O)N(C)C)C(C)C.I. The van der Waals surface area contributed by atoms with Crippen molar-refractivity contribution in [2.75, 3.05) is 40.8 Å². The van der Waals surface area contributed by atoms with Crippen molar-refractivity contribution >= 4 is 35.8 Å². The van der Waals surface area contributed by atoms with E-state index < -0.39 is 0 Å². The molecular weight excluding hydrogens is 395 g/mol. The number of halogens is 1. The Bertz CT molecular complexity index is 323. The van der Waals surface area contributed by atoms with Crippen molar-refractivity contribution in [2.45, 2.75) is 39.7 Å². The van der Waals surface area contributed by atoms with Crippen LogP contribution in [0, 0.1) is 5.92 Å². The van der Waals surface area contributed by atoms with Crippen LogP contribution in [0.15, 0.2) is 4.99 Å². The Balaban J connectivity index is 0. The molecule has 0 bridgehead atoms. The molecule has 0 heterocycles. The van der Waals surface area contributed by atoms with E-state index in [-0.39, 0.29) is 36.0 Å². The van der Waals surface area contributed by atoms with Crippen molar-refractivity contribution in [1.29, 1.82) is 0 Å². The van der Waals surface area contributed by atoms with E-state index in [0.717, 1.165) is 25.5 Å². The largest absolute Gasteiger partial charge is 0.378 e. The van der Waals surface area contributed by atoms with E-state index in [1.807, 2.05) is 6.92 Å². The van der Waals surface area contributed by atoms with Gasteiger partial charge >= 0.3 is 0 Å². The van der Waals surface area contributed by atoms with Crippen LogP contribution in [-0.2, 0) is 9.53 Å². The third-order valence-electron chi connectivity index (χ3n) is 3.20. The predicted octanol–water partition coefficient (Wildman–Crippen LogP) is 1.70. The number of hydrogen-bond acceptors (Lipinski definition) is 3. The summed E-state index contributed by atoms with van der Waals surface area (Å²) in [6, 6.07) is 0. The van der Waals surface area contributed by atoms with Gasteiger partial charge in [-0.15, -0.1) is 24.0 Å². The molecule has 0 aliphatic heterocycles. The fourth-order valence-electron chi connectivity index (χ4n) is 1.89. The fraction of sp³-hybridized carbons (Fsp3) is 0.867. The van der Waals surface area contributed by atoms with Crippen molar-refractivity contribution in [2.24, 2.45) is 10.9 Å². The monoisotopic (exact) mass is 428 g/mol. The number of rotatable bonds is 9. The van der Waals surface area contributed by atoms with E-state index >= 15 is 0 Å². The fourth-order valence-corrected chi connectivity index (χ4v) is 1.89. The lowest BCUT2D eigenvalue weighted by molar-refractivity contribution is -0.128. The van der Waals surface area contributed by atoms with Crippen molar-refractivity contribution in [1.82, 2.24) is 15.5 Å². The van der Waals surface area contributed by atoms with Gasteiger partial charge in [-0.2, -0.15) is 0 Å². The summed E-state index contributed by atoms with van der Waals surface area (Å²) in [5, 5.41) is 6.39. The van der Waals surface area contributed by atoms with Crippen molar-refractivity contribution < 1.29 is 9.53 Å². The summed E-state index contributed by atoms with van der Waals surface area (Å²) < 4.78 is 5.71. The number of aliphatic imine (C=N–C) groups is 1. The van der Waals surface area contributed by atoms with Crippen molar-refractivity contribution in [3.05, 3.63) is 0 Å². The van der Waals surface area contributed by atoms with Crippen LogP contribution in [0.3, 0.4) is 0 Å². The molecular formula is C15H33IN4O2. The molecule has 0 aromatic carbocycles. The van der Waals surface area contributed by atoms with E-state index in [9.17, 15) is 4.79 Å². The Morgan fingerprint density at radius 1 is 1.23 bits per heavy atom. The summed E-state index contributed by atoms with van der Waals surface area (Å²) in [4.78, 5) is 17.2. The molecule has 7 heteroatoms. The van der Waals surface area contributed by atoms with Crippen LogP contribution < -0.4 is 10.6 Å².